The van der Waals surface area contributed by atoms with Gasteiger partial charge in [-0.25, -0.2) is 9.48 Å². The first-order valence-corrected chi connectivity index (χ1v) is 19.7. The Morgan fingerprint density at radius 3 is 1.92 bits per heavy atom. The number of alkyl carbamates (subject to hydrolysis) is 1. The third kappa shape index (κ3) is 12.6. The normalized spacial score (nSPS) is 13.8. The van der Waals surface area contributed by atoms with Crippen molar-refractivity contribution in [3.05, 3.63) is 126 Å². The average molecular weight is 807 g/mol. The molecule has 0 aliphatic heterocycles. The Kier molecular flexibility index (Phi) is 15.9. The van der Waals surface area contributed by atoms with Crippen molar-refractivity contribution < 1.29 is 33.8 Å². The average Bonchev–Trinajstić information content (AvgIpc) is 3.66. The Morgan fingerprint density at radius 1 is 0.678 bits per heavy atom. The smallest absolute Gasteiger partial charge is 0.408 e. The molecule has 312 valence electrons. The number of hydrogen-bond acceptors (Lipinski definition) is 10. The van der Waals surface area contributed by atoms with Gasteiger partial charge in [0.1, 0.15) is 42.7 Å². The quantitative estimate of drug-likeness (QED) is 0.0672. The molecule has 6 N–H and O–H groups in total. The molecule has 0 saturated carbocycles. The minimum Gasteiger partial charge on any atom is -0.497 e. The minimum absolute atomic E-state index is 0.0102. The van der Waals surface area contributed by atoms with Gasteiger partial charge in [-0.05, 0) is 59.2 Å². The van der Waals surface area contributed by atoms with E-state index in [1.165, 1.54) is 0 Å². The molecule has 0 radical (unpaired) electrons. The number of rotatable bonds is 20. The summed E-state index contributed by atoms with van der Waals surface area (Å²) in [5, 5.41) is 35.0. The zero-order valence-corrected chi connectivity index (χ0v) is 34.0. The van der Waals surface area contributed by atoms with Gasteiger partial charge in [0, 0.05) is 6.54 Å². The van der Waals surface area contributed by atoms with E-state index >= 15 is 0 Å². The van der Waals surface area contributed by atoms with Crippen LogP contribution in [0.25, 0.3) is 11.0 Å². The van der Waals surface area contributed by atoms with Gasteiger partial charge in [0.25, 0.3) is 0 Å². The Balaban J connectivity index is 1.37. The zero-order chi connectivity index (χ0) is 42.3. The molecular formula is C44H54N8O7. The molecule has 0 fully saturated rings. The number of methoxy groups -OCH3 is 1. The summed E-state index contributed by atoms with van der Waals surface area (Å²) in [6.45, 7) is 7.32. The third-order valence-electron chi connectivity index (χ3n) is 9.85. The first-order chi connectivity index (χ1) is 28.4. The maximum Gasteiger partial charge on any atom is 0.408 e. The number of benzene rings is 4. The topological polar surface area (TPSA) is 198 Å². The van der Waals surface area contributed by atoms with Gasteiger partial charge in [-0.15, -0.1) is 5.10 Å². The molecule has 0 aliphatic rings. The number of nitrogens with zero attached hydrogens (tertiary/aromatic N) is 3. The predicted molar refractivity (Wildman–Crippen MR) is 223 cm³/mol. The maximum absolute atomic E-state index is 14.4. The fourth-order valence-corrected chi connectivity index (χ4v) is 6.47. The van der Waals surface area contributed by atoms with Crippen LogP contribution in [-0.4, -0.2) is 81.3 Å². The number of aromatic nitrogens is 3. The van der Waals surface area contributed by atoms with Crippen LogP contribution >= 0.6 is 0 Å². The standard InChI is InChI=1S/C44H54N8O7/c1-28(2)37(41(54)46-27-52-36-19-13-12-18-34(36)50-51-52)48-43(56)39(45-25-31-20-22-33(58-5)23-21-31)40(53)35(24-30-14-8-6-9-15-30)47-42(55)38(29(3)4)49-44(57)59-26-32-16-10-7-11-17-32/h6-23,28-29,35,37-40,45,53H,24-27H2,1-5H3,(H,46,54)(H,47,55)(H,48,56)(H,49,57)/t35-,37-,38-,39+,40+/m0/s1. The largest absolute Gasteiger partial charge is 0.497 e. The number of aliphatic hydroxyl groups is 1. The Labute approximate surface area is 344 Å². The number of carbonyl (C=O) groups is 4. The molecule has 0 saturated heterocycles. The summed E-state index contributed by atoms with van der Waals surface area (Å²) in [7, 11) is 1.56. The van der Waals surface area contributed by atoms with Crippen LogP contribution in [0.2, 0.25) is 0 Å². The highest BCUT2D eigenvalue weighted by Crippen LogP contribution is 2.16. The third-order valence-corrected chi connectivity index (χ3v) is 9.85. The molecule has 0 aliphatic carbocycles. The van der Waals surface area contributed by atoms with Gasteiger partial charge in [-0.1, -0.05) is 118 Å². The van der Waals surface area contributed by atoms with Gasteiger partial charge in [0.2, 0.25) is 17.7 Å². The molecule has 0 spiro atoms. The Bertz CT molecular complexity index is 2110. The van der Waals surface area contributed by atoms with Crippen LogP contribution in [0.15, 0.2) is 109 Å². The first kappa shape index (κ1) is 43.8. The molecule has 5 atom stereocenters. The van der Waals surface area contributed by atoms with Gasteiger partial charge in [-0.3, -0.25) is 19.7 Å². The number of carbonyl (C=O) groups excluding carboxylic acids is 4. The van der Waals surface area contributed by atoms with E-state index in [0.717, 1.165) is 22.2 Å². The summed E-state index contributed by atoms with van der Waals surface area (Å²) in [4.78, 5) is 55.0. The number of hydrogen-bond donors (Lipinski definition) is 6. The van der Waals surface area contributed by atoms with Crippen molar-refractivity contribution in [2.24, 2.45) is 11.8 Å². The lowest BCUT2D eigenvalue weighted by Gasteiger charge is -2.33. The molecule has 15 nitrogen and oxygen atoms in total. The summed E-state index contributed by atoms with van der Waals surface area (Å²) < 4.78 is 12.3. The zero-order valence-electron chi connectivity index (χ0n) is 34.0. The maximum atomic E-state index is 14.4. The second-order valence-electron chi connectivity index (χ2n) is 14.9. The van der Waals surface area contributed by atoms with Crippen molar-refractivity contribution in [3.63, 3.8) is 0 Å². The van der Waals surface area contributed by atoms with Crippen molar-refractivity contribution >= 4 is 34.8 Å². The van der Waals surface area contributed by atoms with Crippen LogP contribution in [0.4, 0.5) is 4.79 Å². The summed E-state index contributed by atoms with van der Waals surface area (Å²) in [6.07, 6.45) is -2.19. The van der Waals surface area contributed by atoms with Gasteiger partial charge < -0.3 is 35.8 Å². The van der Waals surface area contributed by atoms with E-state index < -0.39 is 54.1 Å². The van der Waals surface area contributed by atoms with E-state index in [-0.39, 0.29) is 38.1 Å². The van der Waals surface area contributed by atoms with Crippen LogP contribution in [0.1, 0.15) is 44.4 Å². The number of nitrogens with one attached hydrogen (secondary N) is 5. The van der Waals surface area contributed by atoms with Crippen LogP contribution in [0.5, 0.6) is 5.75 Å². The van der Waals surface area contributed by atoms with Gasteiger partial charge in [-0.2, -0.15) is 0 Å². The van der Waals surface area contributed by atoms with Crippen LogP contribution in [0, 0.1) is 11.8 Å². The Hall–Kier alpha value is -6.32. The number of ether oxygens (including phenoxy) is 2. The minimum atomic E-state index is -1.53. The Morgan fingerprint density at radius 2 is 1.27 bits per heavy atom. The molecule has 1 heterocycles. The molecule has 0 bridgehead atoms. The first-order valence-electron chi connectivity index (χ1n) is 19.7. The van der Waals surface area contributed by atoms with E-state index in [0.29, 0.717) is 11.3 Å². The van der Waals surface area contributed by atoms with E-state index in [4.69, 9.17) is 9.47 Å². The SMILES string of the molecule is COc1ccc(CN[C@@H](C(=O)N[C@H](C(=O)NCn2nnc3ccccc32)C(C)C)[C@H](O)[C@H](Cc2ccccc2)NC(=O)[C@@H](NC(=O)OCc2ccccc2)C(C)C)cc1. The van der Waals surface area contributed by atoms with Gasteiger partial charge >= 0.3 is 6.09 Å². The number of aliphatic hydroxyl groups excluding tert-OH is 1. The van der Waals surface area contributed by atoms with Crippen molar-refractivity contribution in [2.45, 2.75) is 84.2 Å². The highest BCUT2D eigenvalue weighted by atomic mass is 16.5. The molecule has 1 aromatic heterocycles. The van der Waals surface area contributed by atoms with Crippen LogP contribution < -0.4 is 31.3 Å². The number of amides is 4. The predicted octanol–water partition coefficient (Wildman–Crippen LogP) is 3.85. The van der Waals surface area contributed by atoms with Gasteiger partial charge in [0.15, 0.2) is 0 Å². The lowest BCUT2D eigenvalue weighted by Crippen LogP contribution is -2.63. The van der Waals surface area contributed by atoms with Crippen LogP contribution in [-0.2, 0) is 45.4 Å². The molecule has 59 heavy (non-hydrogen) atoms. The van der Waals surface area contributed by atoms with E-state index in [9.17, 15) is 24.3 Å². The summed E-state index contributed by atoms with van der Waals surface area (Å²) in [5.41, 5.74) is 3.75. The fraction of sp³-hybridized carbons (Fsp3) is 0.364. The van der Waals surface area contributed by atoms with Crippen molar-refractivity contribution in [3.8, 4) is 5.75 Å². The lowest BCUT2D eigenvalue weighted by molar-refractivity contribution is -0.134. The molecule has 5 aromatic rings. The second kappa shape index (κ2) is 21.4. The van der Waals surface area contributed by atoms with E-state index in [2.05, 4.69) is 36.9 Å². The van der Waals surface area contributed by atoms with Crippen LogP contribution in [0.3, 0.4) is 0 Å². The molecule has 5 rings (SSSR count). The molecular weight excluding hydrogens is 753 g/mol. The highest BCUT2D eigenvalue weighted by molar-refractivity contribution is 5.90. The lowest BCUT2D eigenvalue weighted by atomic mass is 9.93. The van der Waals surface area contributed by atoms with Crippen molar-refractivity contribution in [1.82, 2.24) is 41.6 Å². The van der Waals surface area contributed by atoms with E-state index in [1.807, 2.05) is 97.1 Å². The number of fused-ring (bicyclic) bond motifs is 1. The van der Waals surface area contributed by atoms with Crippen molar-refractivity contribution in [1.29, 1.82) is 0 Å². The highest BCUT2D eigenvalue weighted by Gasteiger charge is 2.38. The summed E-state index contributed by atoms with van der Waals surface area (Å²) >= 11 is 0. The molecule has 15 heteroatoms. The molecule has 0 unspecified atom stereocenters. The second-order valence-corrected chi connectivity index (χ2v) is 14.9. The van der Waals surface area contributed by atoms with E-state index in [1.54, 1.807) is 51.6 Å². The number of para-hydroxylation sites is 1. The molecule has 4 aromatic carbocycles. The summed E-state index contributed by atoms with van der Waals surface area (Å²) in [6, 6.07) is 28.5. The van der Waals surface area contributed by atoms with Gasteiger partial charge in [0.05, 0.1) is 24.8 Å². The van der Waals surface area contributed by atoms with Crippen molar-refractivity contribution in [2.75, 3.05) is 7.11 Å². The summed E-state index contributed by atoms with van der Waals surface area (Å²) in [5.74, 6) is -1.79. The fourth-order valence-electron chi connectivity index (χ4n) is 6.47. The monoisotopic (exact) mass is 806 g/mol. The molecule has 4 amide bonds.